The number of carboxylic acids is 1. The number of aliphatic carboxylic acids is 1. The molecule has 6 heteroatoms. The van der Waals surface area contributed by atoms with Crippen LogP contribution in [-0.4, -0.2) is 39.7 Å². The molecule has 0 spiro atoms. The Labute approximate surface area is 116 Å². The molecule has 1 aromatic carbocycles. The number of carbonyl (C=O) groups is 2. The fourth-order valence-electron chi connectivity index (χ4n) is 1.93. The highest BCUT2D eigenvalue weighted by Crippen LogP contribution is 2.21. The maximum Gasteiger partial charge on any atom is 0.327 e. The summed E-state index contributed by atoms with van der Waals surface area (Å²) in [6, 6.07) is 6.75. The second-order valence-electron chi connectivity index (χ2n) is 4.41. The number of carboxylic acid groups (broad SMARTS) is 1. The zero-order valence-electron chi connectivity index (χ0n) is 10.6. The van der Waals surface area contributed by atoms with Gasteiger partial charge in [-0.25, -0.2) is 9.59 Å². The number of carbonyl (C=O) groups excluding carboxylic acids is 1. The molecule has 2 rings (SSSR count). The van der Waals surface area contributed by atoms with Crippen molar-refractivity contribution >= 4 is 23.8 Å². The highest BCUT2D eigenvalue weighted by molar-refractivity contribution is 7.99. The number of rotatable bonds is 3. The van der Waals surface area contributed by atoms with Crippen LogP contribution in [0.1, 0.15) is 11.1 Å². The van der Waals surface area contributed by atoms with Gasteiger partial charge in [0.25, 0.3) is 0 Å². The largest absolute Gasteiger partial charge is 0.480 e. The van der Waals surface area contributed by atoms with Crippen LogP contribution in [0.15, 0.2) is 24.3 Å². The van der Waals surface area contributed by atoms with Gasteiger partial charge in [0.15, 0.2) is 0 Å². The standard InChI is InChI=1S/C13H16N2O3S/c1-9-4-2-3-5-10(9)6-14-13(18)15-8-19-7-11(15)12(16)17/h2-5,11H,6-8H2,1H3,(H,14,18)(H,16,17). The number of hydrogen-bond donors (Lipinski definition) is 2. The topological polar surface area (TPSA) is 69.6 Å². The van der Waals surface area contributed by atoms with Crippen molar-refractivity contribution in [3.63, 3.8) is 0 Å². The minimum absolute atomic E-state index is 0.319. The summed E-state index contributed by atoms with van der Waals surface area (Å²) in [7, 11) is 0. The molecule has 0 aliphatic carbocycles. The molecule has 0 aromatic heterocycles. The molecule has 102 valence electrons. The van der Waals surface area contributed by atoms with E-state index in [1.807, 2.05) is 31.2 Å². The Morgan fingerprint density at radius 3 is 2.89 bits per heavy atom. The van der Waals surface area contributed by atoms with Crippen molar-refractivity contribution in [1.82, 2.24) is 10.2 Å². The van der Waals surface area contributed by atoms with Crippen LogP contribution >= 0.6 is 11.8 Å². The van der Waals surface area contributed by atoms with Crippen LogP contribution in [0, 0.1) is 6.92 Å². The van der Waals surface area contributed by atoms with Crippen LogP contribution in [0.2, 0.25) is 0 Å². The number of urea groups is 1. The van der Waals surface area contributed by atoms with E-state index in [2.05, 4.69) is 5.32 Å². The zero-order chi connectivity index (χ0) is 13.8. The molecule has 2 N–H and O–H groups in total. The molecule has 5 nitrogen and oxygen atoms in total. The molecule has 0 radical (unpaired) electrons. The molecule has 2 amide bonds. The van der Waals surface area contributed by atoms with E-state index in [9.17, 15) is 9.59 Å². The van der Waals surface area contributed by atoms with E-state index in [-0.39, 0.29) is 6.03 Å². The molecule has 1 aliphatic heterocycles. The fraction of sp³-hybridized carbons (Fsp3) is 0.385. The Morgan fingerprint density at radius 2 is 2.21 bits per heavy atom. The number of hydrogen-bond acceptors (Lipinski definition) is 3. The molecule has 1 aromatic rings. The van der Waals surface area contributed by atoms with Crippen molar-refractivity contribution in [3.8, 4) is 0 Å². The van der Waals surface area contributed by atoms with Gasteiger partial charge < -0.3 is 15.3 Å². The number of nitrogens with zero attached hydrogens (tertiary/aromatic N) is 1. The van der Waals surface area contributed by atoms with Gasteiger partial charge in [-0.15, -0.1) is 11.8 Å². The van der Waals surface area contributed by atoms with Gasteiger partial charge in [0.2, 0.25) is 0 Å². The lowest BCUT2D eigenvalue weighted by molar-refractivity contribution is -0.140. The number of nitrogens with one attached hydrogen (secondary N) is 1. The average Bonchev–Trinajstić information content (AvgIpc) is 2.87. The van der Waals surface area contributed by atoms with E-state index in [0.29, 0.717) is 18.2 Å². The molecular formula is C13H16N2O3S. The van der Waals surface area contributed by atoms with Gasteiger partial charge in [-0.3, -0.25) is 0 Å². The molecule has 1 unspecified atom stereocenters. The molecule has 19 heavy (non-hydrogen) atoms. The predicted molar refractivity (Wildman–Crippen MR) is 74.0 cm³/mol. The second kappa shape index (κ2) is 5.97. The van der Waals surface area contributed by atoms with Gasteiger partial charge >= 0.3 is 12.0 Å². The van der Waals surface area contributed by atoms with E-state index in [0.717, 1.165) is 11.1 Å². The first-order valence-corrected chi connectivity index (χ1v) is 7.14. The van der Waals surface area contributed by atoms with E-state index < -0.39 is 12.0 Å². The molecule has 1 saturated heterocycles. The third-order valence-electron chi connectivity index (χ3n) is 3.12. The third kappa shape index (κ3) is 3.20. The normalized spacial score (nSPS) is 18.4. The SMILES string of the molecule is Cc1ccccc1CNC(=O)N1CSCC1C(=O)O. The third-order valence-corrected chi connectivity index (χ3v) is 4.13. The van der Waals surface area contributed by atoms with E-state index in [1.165, 1.54) is 16.7 Å². The van der Waals surface area contributed by atoms with Gasteiger partial charge in [0, 0.05) is 12.3 Å². The van der Waals surface area contributed by atoms with Crippen molar-refractivity contribution in [2.24, 2.45) is 0 Å². The van der Waals surface area contributed by atoms with Gasteiger partial charge in [0.05, 0.1) is 5.88 Å². The maximum absolute atomic E-state index is 12.0. The molecule has 1 heterocycles. The van der Waals surface area contributed by atoms with E-state index >= 15 is 0 Å². The lowest BCUT2D eigenvalue weighted by Gasteiger charge is -2.21. The van der Waals surface area contributed by atoms with Crippen LogP contribution in [0.3, 0.4) is 0 Å². The van der Waals surface area contributed by atoms with E-state index in [4.69, 9.17) is 5.11 Å². The van der Waals surface area contributed by atoms with Crippen LogP contribution < -0.4 is 5.32 Å². The van der Waals surface area contributed by atoms with Crippen LogP contribution in [0.25, 0.3) is 0 Å². The molecular weight excluding hydrogens is 264 g/mol. The Hall–Kier alpha value is -1.69. The lowest BCUT2D eigenvalue weighted by atomic mass is 10.1. The van der Waals surface area contributed by atoms with Gasteiger partial charge in [-0.05, 0) is 18.1 Å². The first-order chi connectivity index (χ1) is 9.09. The van der Waals surface area contributed by atoms with Gasteiger partial charge in [0.1, 0.15) is 6.04 Å². The van der Waals surface area contributed by atoms with Crippen molar-refractivity contribution in [1.29, 1.82) is 0 Å². The Kier molecular flexibility index (Phi) is 4.31. The van der Waals surface area contributed by atoms with Crippen molar-refractivity contribution in [2.75, 3.05) is 11.6 Å². The van der Waals surface area contributed by atoms with Gasteiger partial charge in [-0.2, -0.15) is 0 Å². The number of benzene rings is 1. The maximum atomic E-state index is 12.0. The number of thioether (sulfide) groups is 1. The predicted octanol–water partition coefficient (Wildman–Crippen LogP) is 1.66. The summed E-state index contributed by atoms with van der Waals surface area (Å²) in [5.74, 6) is -0.0694. The summed E-state index contributed by atoms with van der Waals surface area (Å²) < 4.78 is 0. The van der Waals surface area contributed by atoms with Crippen LogP contribution in [0.5, 0.6) is 0 Å². The van der Waals surface area contributed by atoms with Gasteiger partial charge in [-0.1, -0.05) is 24.3 Å². The highest BCUT2D eigenvalue weighted by Gasteiger charge is 2.34. The number of aryl methyl sites for hydroxylation is 1. The molecule has 0 saturated carbocycles. The average molecular weight is 280 g/mol. The summed E-state index contributed by atoms with van der Waals surface area (Å²) in [5.41, 5.74) is 2.14. The molecule has 1 aliphatic rings. The minimum Gasteiger partial charge on any atom is -0.480 e. The summed E-state index contributed by atoms with van der Waals surface area (Å²) in [5, 5.41) is 11.8. The second-order valence-corrected chi connectivity index (χ2v) is 5.41. The lowest BCUT2D eigenvalue weighted by Crippen LogP contribution is -2.46. The molecule has 1 atom stereocenters. The highest BCUT2D eigenvalue weighted by atomic mass is 32.2. The van der Waals surface area contributed by atoms with E-state index in [1.54, 1.807) is 0 Å². The Bertz CT molecular complexity index is 493. The quantitative estimate of drug-likeness (QED) is 0.883. The monoisotopic (exact) mass is 280 g/mol. The number of amides is 2. The van der Waals surface area contributed by atoms with Crippen molar-refractivity contribution in [3.05, 3.63) is 35.4 Å². The first-order valence-electron chi connectivity index (χ1n) is 5.99. The molecule has 1 fully saturated rings. The summed E-state index contributed by atoms with van der Waals surface area (Å²) in [6.07, 6.45) is 0. The summed E-state index contributed by atoms with van der Waals surface area (Å²) in [4.78, 5) is 24.4. The minimum atomic E-state index is -0.948. The summed E-state index contributed by atoms with van der Waals surface area (Å²) >= 11 is 1.46. The zero-order valence-corrected chi connectivity index (χ0v) is 11.4. The smallest absolute Gasteiger partial charge is 0.327 e. The molecule has 0 bridgehead atoms. The Balaban J connectivity index is 1.95. The fourth-order valence-corrected chi connectivity index (χ4v) is 3.07. The Morgan fingerprint density at radius 1 is 1.47 bits per heavy atom. The summed E-state index contributed by atoms with van der Waals surface area (Å²) in [6.45, 7) is 2.40. The van der Waals surface area contributed by atoms with Crippen LogP contribution in [0.4, 0.5) is 4.79 Å². The first kappa shape index (κ1) is 13.7. The van der Waals surface area contributed by atoms with Crippen molar-refractivity contribution < 1.29 is 14.7 Å². The van der Waals surface area contributed by atoms with Crippen LogP contribution in [-0.2, 0) is 11.3 Å². The van der Waals surface area contributed by atoms with Crippen molar-refractivity contribution in [2.45, 2.75) is 19.5 Å².